The molecule has 0 unspecified atom stereocenters. The first-order valence-corrected chi connectivity index (χ1v) is 5.52. The molecule has 0 radical (unpaired) electrons. The van der Waals surface area contributed by atoms with Gasteiger partial charge < -0.3 is 20.4 Å². The molecule has 0 atom stereocenters. The van der Waals surface area contributed by atoms with Crippen molar-refractivity contribution in [1.82, 2.24) is 9.80 Å². The molecule has 0 aromatic heterocycles. The second-order valence-electron chi connectivity index (χ2n) is 4.00. The molecule has 0 aromatic rings. The Morgan fingerprint density at radius 3 is 0.905 bits per heavy atom. The summed E-state index contributed by atoms with van der Waals surface area (Å²) < 4.78 is 0. The van der Waals surface area contributed by atoms with Gasteiger partial charge >= 0.3 is 23.9 Å². The molecule has 0 aliphatic heterocycles. The van der Waals surface area contributed by atoms with E-state index in [9.17, 15) is 19.2 Å². The molecule has 11 heteroatoms. The normalized spacial score (nSPS) is 10.2. The van der Waals surface area contributed by atoms with E-state index in [-0.39, 0.29) is 30.5 Å². The fraction of sp³-hybridized carbons (Fsp3) is 0.600. The summed E-state index contributed by atoms with van der Waals surface area (Å²) in [6.45, 7) is -2.25. The third-order valence-corrected chi connectivity index (χ3v) is 2.17. The quantitative estimate of drug-likeness (QED) is 0.328. The molecule has 0 bridgehead atoms. The van der Waals surface area contributed by atoms with E-state index in [0.29, 0.717) is 0 Å². The Morgan fingerprint density at radius 2 is 0.762 bits per heavy atom. The number of hydrogen-bond donors (Lipinski definition) is 4. The van der Waals surface area contributed by atoms with E-state index in [2.05, 4.69) is 0 Å². The average Bonchev–Trinajstić information content (AvgIpc) is 2.22. The molecule has 0 saturated heterocycles. The molecule has 120 valence electrons. The Hall–Kier alpha value is -1.67. The number of carboxylic acids is 4. The number of aliphatic carboxylic acids is 4. The van der Waals surface area contributed by atoms with Gasteiger partial charge in [-0.3, -0.25) is 29.0 Å². The third-order valence-electron chi connectivity index (χ3n) is 2.17. The van der Waals surface area contributed by atoms with Gasteiger partial charge in [0, 0.05) is 30.5 Å². The summed E-state index contributed by atoms with van der Waals surface area (Å²) in [4.78, 5) is 44.4. The van der Waals surface area contributed by atoms with Crippen LogP contribution in [0.25, 0.3) is 0 Å². The van der Waals surface area contributed by atoms with Crippen LogP contribution in [0.3, 0.4) is 0 Å². The second kappa shape index (κ2) is 11.0. The summed E-state index contributed by atoms with van der Waals surface area (Å²) in [6, 6.07) is 0. The van der Waals surface area contributed by atoms with E-state index in [1.807, 2.05) is 0 Å². The largest absolute Gasteiger partial charge is 0.480 e. The number of rotatable bonds is 11. The molecular weight excluding hydrogens is 327 g/mol. The van der Waals surface area contributed by atoms with Crippen molar-refractivity contribution in [2.75, 3.05) is 39.3 Å². The summed E-state index contributed by atoms with van der Waals surface area (Å²) in [5, 5.41) is 34.5. The first kappa shape index (κ1) is 21.6. The molecular formula is C10H16CrN2O8. The van der Waals surface area contributed by atoms with Gasteiger partial charge in [-0.25, -0.2) is 0 Å². The molecule has 4 N–H and O–H groups in total. The van der Waals surface area contributed by atoms with Gasteiger partial charge in [0.15, 0.2) is 0 Å². The van der Waals surface area contributed by atoms with Gasteiger partial charge in [0.1, 0.15) is 0 Å². The minimum absolute atomic E-state index is 0. The van der Waals surface area contributed by atoms with Gasteiger partial charge in [-0.15, -0.1) is 0 Å². The van der Waals surface area contributed by atoms with Crippen LogP contribution in [-0.2, 0) is 36.5 Å². The minimum Gasteiger partial charge on any atom is -0.480 e. The maximum Gasteiger partial charge on any atom is 0.317 e. The maximum absolute atomic E-state index is 10.6. The predicted molar refractivity (Wildman–Crippen MR) is 63.4 cm³/mol. The van der Waals surface area contributed by atoms with Crippen LogP contribution in [0.4, 0.5) is 0 Å². The molecule has 0 heterocycles. The van der Waals surface area contributed by atoms with Gasteiger partial charge in [0.2, 0.25) is 0 Å². The van der Waals surface area contributed by atoms with Crippen LogP contribution < -0.4 is 0 Å². The van der Waals surface area contributed by atoms with E-state index in [1.54, 1.807) is 0 Å². The molecule has 21 heavy (non-hydrogen) atoms. The standard InChI is InChI=1S/C10H16N2O8.Cr/c13-7(14)3-11(4-8(15)16)1-2-12(5-9(17)18)6-10(19)20;/h1-6H2,(H,13,14)(H,15,16)(H,17,18)(H,19,20);/i;1-1. The minimum atomic E-state index is -1.23. The van der Waals surface area contributed by atoms with Crippen LogP contribution in [0.1, 0.15) is 0 Å². The second-order valence-corrected chi connectivity index (χ2v) is 4.00. The summed E-state index contributed by atoms with van der Waals surface area (Å²) in [5.41, 5.74) is 0. The summed E-state index contributed by atoms with van der Waals surface area (Å²) in [5.74, 6) is -4.91. The van der Waals surface area contributed by atoms with Crippen molar-refractivity contribution in [1.29, 1.82) is 0 Å². The van der Waals surface area contributed by atoms with Crippen molar-refractivity contribution in [3.05, 3.63) is 0 Å². The molecule has 10 nitrogen and oxygen atoms in total. The summed E-state index contributed by atoms with van der Waals surface area (Å²) in [7, 11) is 0. The molecule has 0 aliphatic carbocycles. The Kier molecular flexibility index (Phi) is 11.4. The van der Waals surface area contributed by atoms with Gasteiger partial charge in [-0.1, -0.05) is 0 Å². The zero-order valence-corrected chi connectivity index (χ0v) is 12.2. The molecule has 0 fully saturated rings. The van der Waals surface area contributed by atoms with Crippen LogP contribution in [0.5, 0.6) is 0 Å². The van der Waals surface area contributed by atoms with Gasteiger partial charge in [-0.05, 0) is 0 Å². The van der Waals surface area contributed by atoms with Crippen molar-refractivity contribution >= 4 is 23.9 Å². The van der Waals surface area contributed by atoms with E-state index >= 15 is 0 Å². The van der Waals surface area contributed by atoms with Crippen LogP contribution >= 0.6 is 0 Å². The van der Waals surface area contributed by atoms with Gasteiger partial charge in [-0.2, -0.15) is 0 Å². The van der Waals surface area contributed by atoms with Crippen molar-refractivity contribution in [3.63, 3.8) is 0 Å². The van der Waals surface area contributed by atoms with Crippen molar-refractivity contribution in [3.8, 4) is 0 Å². The molecule has 0 spiro atoms. The summed E-state index contributed by atoms with van der Waals surface area (Å²) >= 11 is 0. The van der Waals surface area contributed by atoms with E-state index in [4.69, 9.17) is 20.4 Å². The number of nitrogens with zero attached hydrogens (tertiary/aromatic N) is 2. The SMILES string of the molecule is O=C(O)CN(CCN(CC(=O)O)CC(=O)O)CC(=O)O.[51Cr]. The molecule has 0 amide bonds. The zero-order chi connectivity index (χ0) is 15.7. The maximum atomic E-state index is 10.6. The van der Waals surface area contributed by atoms with E-state index in [0.717, 1.165) is 9.80 Å². The molecule has 0 aromatic carbocycles. The molecule has 0 rings (SSSR count). The average molecular weight is 343 g/mol. The Bertz CT molecular complexity index is 321. The monoisotopic (exact) mass is 343 g/mol. The van der Waals surface area contributed by atoms with Crippen LogP contribution in [-0.4, -0.2) is 93.4 Å². The van der Waals surface area contributed by atoms with Crippen LogP contribution in [0, 0.1) is 0 Å². The van der Waals surface area contributed by atoms with E-state index < -0.39 is 50.1 Å². The summed E-state index contributed by atoms with van der Waals surface area (Å²) in [6.07, 6.45) is 0. The number of hydrogen-bond acceptors (Lipinski definition) is 6. The predicted octanol–water partition coefficient (Wildman–Crippen LogP) is -2.07. The zero-order valence-electron chi connectivity index (χ0n) is 11.0. The Labute approximate surface area is 130 Å². The van der Waals surface area contributed by atoms with Crippen molar-refractivity contribution in [2.45, 2.75) is 0 Å². The first-order valence-electron chi connectivity index (χ1n) is 5.52. The van der Waals surface area contributed by atoms with Crippen LogP contribution in [0.15, 0.2) is 0 Å². The van der Waals surface area contributed by atoms with E-state index in [1.165, 1.54) is 0 Å². The third kappa shape index (κ3) is 13.1. The van der Waals surface area contributed by atoms with Crippen molar-refractivity contribution < 1.29 is 57.0 Å². The fourth-order valence-corrected chi connectivity index (χ4v) is 1.48. The smallest absolute Gasteiger partial charge is 0.317 e. The van der Waals surface area contributed by atoms with Gasteiger partial charge in [0.25, 0.3) is 0 Å². The topological polar surface area (TPSA) is 156 Å². The fourth-order valence-electron chi connectivity index (χ4n) is 1.48. The Morgan fingerprint density at radius 1 is 0.571 bits per heavy atom. The van der Waals surface area contributed by atoms with Crippen molar-refractivity contribution in [2.24, 2.45) is 0 Å². The number of carboxylic acid groups (broad SMARTS) is 4. The Balaban J connectivity index is 0. The first-order chi connectivity index (χ1) is 9.20. The number of carbonyl (C=O) groups is 4. The van der Waals surface area contributed by atoms with Crippen LogP contribution in [0.2, 0.25) is 0 Å². The molecule has 0 aliphatic rings. The van der Waals surface area contributed by atoms with Gasteiger partial charge in [0.05, 0.1) is 26.2 Å². The molecule has 0 saturated carbocycles.